The topological polar surface area (TPSA) is 161 Å². The Kier molecular flexibility index (Phi) is 8.74. The van der Waals surface area contributed by atoms with Gasteiger partial charge in [0, 0.05) is 27.7 Å². The molecule has 0 spiro atoms. The predicted molar refractivity (Wildman–Crippen MR) is 106 cm³/mol. The summed E-state index contributed by atoms with van der Waals surface area (Å²) in [5.41, 5.74) is -0.217. The van der Waals surface area contributed by atoms with Crippen LogP contribution in [0.5, 0.6) is 5.75 Å². The summed E-state index contributed by atoms with van der Waals surface area (Å²) < 4.78 is 32.3. The molecule has 2 rings (SSSR count). The van der Waals surface area contributed by atoms with E-state index in [2.05, 4.69) is 0 Å². The molecule has 0 aliphatic carbocycles. The predicted octanol–water partition coefficient (Wildman–Crippen LogP) is 0.847. The summed E-state index contributed by atoms with van der Waals surface area (Å²) >= 11 is 0. The van der Waals surface area contributed by atoms with Gasteiger partial charge in [-0.05, 0) is 12.1 Å². The average Bonchev–Trinajstić information content (AvgIpc) is 2.70. The molecule has 1 aromatic carbocycles. The van der Waals surface area contributed by atoms with Crippen molar-refractivity contribution in [2.24, 2.45) is 0 Å². The van der Waals surface area contributed by atoms with Crippen molar-refractivity contribution in [2.75, 3.05) is 6.61 Å². The molecule has 12 heteroatoms. The highest BCUT2D eigenvalue weighted by molar-refractivity contribution is 5.90. The number of aromatic carboxylic acids is 1. The molecular formula is C21H24O12. The fraction of sp³-hybridized carbons (Fsp3) is 0.476. The van der Waals surface area contributed by atoms with Crippen LogP contribution in [0.4, 0.5) is 0 Å². The number of carbonyl (C=O) groups is 5. The molecule has 0 saturated carbocycles. The van der Waals surface area contributed by atoms with Crippen LogP contribution in [0.3, 0.4) is 0 Å². The molecule has 0 unspecified atom stereocenters. The zero-order valence-electron chi connectivity index (χ0n) is 18.3. The number of carboxylic acid groups (broad SMARTS) is 1. The Morgan fingerprint density at radius 1 is 0.818 bits per heavy atom. The van der Waals surface area contributed by atoms with Crippen molar-refractivity contribution in [3.63, 3.8) is 0 Å². The maximum atomic E-state index is 11.8. The third-order valence-corrected chi connectivity index (χ3v) is 4.31. The van der Waals surface area contributed by atoms with E-state index in [0.717, 1.165) is 27.7 Å². The van der Waals surface area contributed by atoms with E-state index < -0.39 is 67.2 Å². The van der Waals surface area contributed by atoms with Gasteiger partial charge in [0.25, 0.3) is 0 Å². The largest absolute Gasteiger partial charge is 0.478 e. The first-order chi connectivity index (χ1) is 15.5. The van der Waals surface area contributed by atoms with Crippen LogP contribution in [-0.4, -0.2) is 72.3 Å². The molecule has 1 N–H and O–H groups in total. The molecular weight excluding hydrogens is 444 g/mol. The Hall–Kier alpha value is -3.67. The lowest BCUT2D eigenvalue weighted by atomic mass is 9.98. The fourth-order valence-electron chi connectivity index (χ4n) is 3.15. The lowest BCUT2D eigenvalue weighted by molar-refractivity contribution is -0.288. The van der Waals surface area contributed by atoms with Crippen LogP contribution in [0, 0.1) is 0 Å². The number of benzene rings is 1. The van der Waals surface area contributed by atoms with Crippen molar-refractivity contribution in [2.45, 2.75) is 58.4 Å². The quantitative estimate of drug-likeness (QED) is 0.423. The van der Waals surface area contributed by atoms with E-state index in [1.807, 2.05) is 0 Å². The van der Waals surface area contributed by atoms with Gasteiger partial charge >= 0.3 is 29.8 Å². The van der Waals surface area contributed by atoms with Gasteiger partial charge in [0.2, 0.25) is 12.4 Å². The molecule has 1 fully saturated rings. The summed E-state index contributed by atoms with van der Waals surface area (Å²) in [7, 11) is 0. The van der Waals surface area contributed by atoms with Gasteiger partial charge in [0.05, 0.1) is 0 Å². The lowest BCUT2D eigenvalue weighted by Crippen LogP contribution is -2.63. The minimum absolute atomic E-state index is 0.133. The smallest absolute Gasteiger partial charge is 0.339 e. The summed E-state index contributed by atoms with van der Waals surface area (Å²) in [6, 6.07) is 5.61. The number of para-hydroxylation sites is 1. The van der Waals surface area contributed by atoms with Gasteiger partial charge in [-0.15, -0.1) is 0 Å². The Labute approximate surface area is 188 Å². The monoisotopic (exact) mass is 468 g/mol. The number of carboxylic acids is 1. The van der Waals surface area contributed by atoms with E-state index in [4.69, 9.17) is 28.4 Å². The van der Waals surface area contributed by atoms with Gasteiger partial charge in [0.1, 0.15) is 24.0 Å². The lowest BCUT2D eigenvalue weighted by Gasteiger charge is -2.44. The fourth-order valence-corrected chi connectivity index (χ4v) is 3.15. The number of hydrogen-bond donors (Lipinski definition) is 1. The highest BCUT2D eigenvalue weighted by Crippen LogP contribution is 2.32. The standard InChI is InChI=1S/C21H24O12/c1-10(22)28-9-16-17(29-11(2)23)18(30-12(3)24)19(31-13(4)25)21(33-16)32-15-8-6-5-7-14(15)20(26)27/h5-8,16-19,21H,9H2,1-4H3,(H,26,27)/t16-,17-,18+,19-,21+/m0/s1. The van der Waals surface area contributed by atoms with Crippen molar-refractivity contribution in [3.8, 4) is 5.75 Å². The van der Waals surface area contributed by atoms with Crippen molar-refractivity contribution < 1.29 is 57.5 Å². The van der Waals surface area contributed by atoms with E-state index >= 15 is 0 Å². The van der Waals surface area contributed by atoms with Crippen molar-refractivity contribution in [3.05, 3.63) is 29.8 Å². The highest BCUT2D eigenvalue weighted by Gasteiger charge is 2.53. The molecule has 5 atom stereocenters. The number of rotatable bonds is 8. The van der Waals surface area contributed by atoms with Crippen molar-refractivity contribution in [1.82, 2.24) is 0 Å². The second-order valence-corrected chi connectivity index (χ2v) is 6.99. The second-order valence-electron chi connectivity index (χ2n) is 6.99. The third-order valence-electron chi connectivity index (χ3n) is 4.31. The average molecular weight is 468 g/mol. The molecule has 1 heterocycles. The summed E-state index contributed by atoms with van der Waals surface area (Å²) in [6.07, 6.45) is -6.97. The van der Waals surface area contributed by atoms with Crippen LogP contribution < -0.4 is 4.74 Å². The van der Waals surface area contributed by atoms with Crippen LogP contribution in [-0.2, 0) is 42.9 Å². The molecule has 0 radical (unpaired) electrons. The minimum Gasteiger partial charge on any atom is -0.478 e. The molecule has 12 nitrogen and oxygen atoms in total. The third kappa shape index (κ3) is 7.17. The molecule has 1 aliphatic heterocycles. The van der Waals surface area contributed by atoms with Gasteiger partial charge in [0.15, 0.2) is 12.2 Å². The summed E-state index contributed by atoms with van der Waals surface area (Å²) in [4.78, 5) is 58.2. The maximum Gasteiger partial charge on any atom is 0.339 e. The van der Waals surface area contributed by atoms with Crippen molar-refractivity contribution in [1.29, 1.82) is 0 Å². The minimum atomic E-state index is -1.52. The number of esters is 4. The normalized spacial score (nSPS) is 24.2. The van der Waals surface area contributed by atoms with Crippen molar-refractivity contribution >= 4 is 29.8 Å². The Morgan fingerprint density at radius 2 is 1.36 bits per heavy atom. The summed E-state index contributed by atoms with van der Waals surface area (Å²) in [5, 5.41) is 9.43. The maximum absolute atomic E-state index is 11.8. The Morgan fingerprint density at radius 3 is 1.91 bits per heavy atom. The Bertz CT molecular complexity index is 910. The highest BCUT2D eigenvalue weighted by atomic mass is 16.7. The molecule has 0 bridgehead atoms. The van der Waals surface area contributed by atoms with E-state index in [1.165, 1.54) is 24.3 Å². The SMILES string of the molecule is CC(=O)OC[C@@H]1O[C@@H](Oc2ccccc2C(=O)O)[C@@H](OC(C)=O)[C@H](OC(C)=O)[C@H]1OC(C)=O. The van der Waals surface area contributed by atoms with Crippen LogP contribution in [0.25, 0.3) is 0 Å². The van der Waals surface area contributed by atoms with E-state index in [9.17, 15) is 29.1 Å². The first kappa shape index (κ1) is 25.6. The zero-order chi connectivity index (χ0) is 24.7. The number of carbonyl (C=O) groups excluding carboxylic acids is 4. The molecule has 180 valence electrons. The molecule has 0 aromatic heterocycles. The van der Waals surface area contributed by atoms with Crippen LogP contribution in [0.15, 0.2) is 24.3 Å². The van der Waals surface area contributed by atoms with E-state index in [0.29, 0.717) is 0 Å². The summed E-state index contributed by atoms with van der Waals surface area (Å²) in [5.74, 6) is -4.47. The molecule has 1 aromatic rings. The van der Waals surface area contributed by atoms with Gasteiger partial charge in [-0.2, -0.15) is 0 Å². The number of hydrogen-bond acceptors (Lipinski definition) is 11. The van der Waals surface area contributed by atoms with E-state index in [-0.39, 0.29) is 11.3 Å². The molecule has 33 heavy (non-hydrogen) atoms. The van der Waals surface area contributed by atoms with Gasteiger partial charge in [-0.3, -0.25) is 19.2 Å². The summed E-state index contributed by atoms with van der Waals surface area (Å²) in [6.45, 7) is 3.98. The van der Waals surface area contributed by atoms with E-state index in [1.54, 1.807) is 0 Å². The molecule has 1 aliphatic rings. The first-order valence-corrected chi connectivity index (χ1v) is 9.79. The van der Waals surface area contributed by atoms with Gasteiger partial charge in [-0.1, -0.05) is 12.1 Å². The second kappa shape index (κ2) is 11.3. The molecule has 0 amide bonds. The first-order valence-electron chi connectivity index (χ1n) is 9.79. The Balaban J connectivity index is 2.51. The van der Waals surface area contributed by atoms with Gasteiger partial charge in [-0.25, -0.2) is 4.79 Å². The van der Waals surface area contributed by atoms with Crippen LogP contribution in [0.2, 0.25) is 0 Å². The zero-order valence-corrected chi connectivity index (χ0v) is 18.3. The van der Waals surface area contributed by atoms with Crippen LogP contribution in [0.1, 0.15) is 38.1 Å². The number of ether oxygens (including phenoxy) is 6. The van der Waals surface area contributed by atoms with Gasteiger partial charge < -0.3 is 33.5 Å². The molecule has 1 saturated heterocycles. The van der Waals surface area contributed by atoms with Crippen LogP contribution >= 0.6 is 0 Å².